The fraction of sp³-hybridized carbons (Fsp3) is 0.231. The first-order valence-corrected chi connectivity index (χ1v) is 13.3. The molecule has 7 nitrogen and oxygen atoms in total. The summed E-state index contributed by atoms with van der Waals surface area (Å²) in [6.45, 7) is 1.84. The molecule has 0 radical (unpaired) electrons. The normalized spacial score (nSPS) is 16.1. The molecule has 0 amide bonds. The molecule has 1 atom stereocenters. The van der Waals surface area contributed by atoms with E-state index in [1.807, 2.05) is 0 Å². The summed E-state index contributed by atoms with van der Waals surface area (Å²) in [6.07, 6.45) is 3.71. The van der Waals surface area contributed by atoms with E-state index in [1.165, 1.54) is 0 Å². The highest BCUT2D eigenvalue weighted by Gasteiger charge is 2.20. The van der Waals surface area contributed by atoms with Crippen LogP contribution in [-0.2, 0) is 15.8 Å². The van der Waals surface area contributed by atoms with Gasteiger partial charge in [-0.1, -0.05) is 36.4 Å². The highest BCUT2D eigenvalue weighted by atomic mass is 32.2. The molecule has 1 saturated heterocycles. The maximum Gasteiger partial charge on any atom is 0.237 e. The summed E-state index contributed by atoms with van der Waals surface area (Å²) in [6, 6.07) is 15.7. The number of hydrogen-bond donors (Lipinski definition) is 3. The standard InChI is InChI=1S/C26H25F2N5O2S/c27-21-9-11-23(33-36(34,35)16-17-5-2-1-3-6-17)25(28)24(21)18-8-10-22-19(13-18)14-30-26(32-22)31-20-7-4-12-29-15-20/h1-3,5-6,8-11,13-14,20,29,33H,4,7,12,15-16H2,(H,30,31,32). The van der Waals surface area contributed by atoms with E-state index >= 15 is 4.39 Å². The molecule has 0 saturated carbocycles. The molecule has 2 heterocycles. The lowest BCUT2D eigenvalue weighted by Gasteiger charge is -2.23. The SMILES string of the molecule is O=S(=O)(Cc1ccccc1)Nc1ccc(F)c(-c2ccc3nc(NC4CCCNC4)ncc3c2)c1F. The Bertz CT molecular complexity index is 1490. The first kappa shape index (κ1) is 24.1. The second-order valence-electron chi connectivity index (χ2n) is 8.79. The molecule has 1 fully saturated rings. The van der Waals surface area contributed by atoms with Crippen molar-refractivity contribution >= 4 is 32.6 Å². The number of nitrogens with one attached hydrogen (secondary N) is 3. The topological polar surface area (TPSA) is 96.0 Å². The number of nitrogens with zero attached hydrogens (tertiary/aromatic N) is 2. The lowest BCUT2D eigenvalue weighted by molar-refractivity contribution is 0.478. The number of piperidine rings is 1. The second kappa shape index (κ2) is 10.2. The summed E-state index contributed by atoms with van der Waals surface area (Å²) < 4.78 is 57.6. The Hall–Kier alpha value is -3.63. The monoisotopic (exact) mass is 509 g/mol. The van der Waals surface area contributed by atoms with Gasteiger partial charge in [0.2, 0.25) is 16.0 Å². The largest absolute Gasteiger partial charge is 0.350 e. The van der Waals surface area contributed by atoms with E-state index in [2.05, 4.69) is 25.3 Å². The fourth-order valence-electron chi connectivity index (χ4n) is 4.31. The van der Waals surface area contributed by atoms with Crippen LogP contribution in [-0.4, -0.2) is 37.5 Å². The van der Waals surface area contributed by atoms with Gasteiger partial charge in [0.1, 0.15) is 5.82 Å². The molecule has 1 aliphatic heterocycles. The lowest BCUT2D eigenvalue weighted by atomic mass is 10.0. The molecule has 1 aromatic heterocycles. The molecular formula is C26H25F2N5O2S. The first-order chi connectivity index (χ1) is 17.4. The van der Waals surface area contributed by atoms with Gasteiger partial charge in [0.05, 0.1) is 22.5 Å². The van der Waals surface area contributed by atoms with Crippen LogP contribution in [0, 0.1) is 11.6 Å². The van der Waals surface area contributed by atoms with Gasteiger partial charge >= 0.3 is 0 Å². The lowest BCUT2D eigenvalue weighted by Crippen LogP contribution is -2.38. The molecule has 10 heteroatoms. The number of fused-ring (bicyclic) bond motifs is 1. The van der Waals surface area contributed by atoms with Gasteiger partial charge in [0.15, 0.2) is 5.82 Å². The van der Waals surface area contributed by atoms with E-state index in [4.69, 9.17) is 0 Å². The van der Waals surface area contributed by atoms with Crippen LogP contribution in [0.2, 0.25) is 0 Å². The molecule has 5 rings (SSSR count). The van der Waals surface area contributed by atoms with E-state index in [9.17, 15) is 12.8 Å². The predicted octanol–water partition coefficient (Wildman–Crippen LogP) is 4.68. The van der Waals surface area contributed by atoms with Gasteiger partial charge < -0.3 is 10.6 Å². The van der Waals surface area contributed by atoms with Gasteiger partial charge in [-0.25, -0.2) is 27.2 Å². The van der Waals surface area contributed by atoms with Crippen LogP contribution in [0.4, 0.5) is 20.4 Å². The van der Waals surface area contributed by atoms with Crippen molar-refractivity contribution < 1.29 is 17.2 Å². The third-order valence-electron chi connectivity index (χ3n) is 6.05. The van der Waals surface area contributed by atoms with Crippen molar-refractivity contribution in [2.24, 2.45) is 0 Å². The van der Waals surface area contributed by atoms with Crippen LogP contribution >= 0.6 is 0 Å². The van der Waals surface area contributed by atoms with E-state index in [-0.39, 0.29) is 28.6 Å². The number of benzene rings is 3. The molecule has 3 aromatic carbocycles. The number of rotatable bonds is 7. The Morgan fingerprint density at radius 3 is 2.67 bits per heavy atom. The molecule has 4 aromatic rings. The summed E-state index contributed by atoms with van der Waals surface area (Å²) in [5, 5.41) is 7.25. The first-order valence-electron chi connectivity index (χ1n) is 11.6. The molecule has 0 bridgehead atoms. The number of hydrogen-bond acceptors (Lipinski definition) is 6. The van der Waals surface area contributed by atoms with E-state index in [0.29, 0.717) is 22.4 Å². The molecule has 36 heavy (non-hydrogen) atoms. The third-order valence-corrected chi connectivity index (χ3v) is 7.30. The van der Waals surface area contributed by atoms with E-state index in [1.54, 1.807) is 54.7 Å². The fourth-order valence-corrected chi connectivity index (χ4v) is 5.51. The Morgan fingerprint density at radius 2 is 1.89 bits per heavy atom. The van der Waals surface area contributed by atoms with Crippen LogP contribution < -0.4 is 15.4 Å². The molecule has 1 aliphatic rings. The Morgan fingerprint density at radius 1 is 1.06 bits per heavy atom. The van der Waals surface area contributed by atoms with Crippen molar-refractivity contribution in [2.45, 2.75) is 24.6 Å². The number of sulfonamides is 1. The summed E-state index contributed by atoms with van der Waals surface area (Å²) >= 11 is 0. The third kappa shape index (κ3) is 5.44. The van der Waals surface area contributed by atoms with E-state index < -0.39 is 21.7 Å². The smallest absolute Gasteiger partial charge is 0.237 e. The maximum absolute atomic E-state index is 15.4. The van der Waals surface area contributed by atoms with Crippen LogP contribution in [0.15, 0.2) is 66.9 Å². The molecule has 0 aliphatic carbocycles. The van der Waals surface area contributed by atoms with Gasteiger partial charge in [0, 0.05) is 24.2 Å². The Balaban J connectivity index is 1.41. The van der Waals surface area contributed by atoms with Crippen molar-refractivity contribution in [1.82, 2.24) is 15.3 Å². The molecular weight excluding hydrogens is 484 g/mol. The van der Waals surface area contributed by atoms with Crippen LogP contribution in [0.1, 0.15) is 18.4 Å². The zero-order valence-electron chi connectivity index (χ0n) is 19.3. The van der Waals surface area contributed by atoms with E-state index in [0.717, 1.165) is 38.1 Å². The number of anilines is 2. The van der Waals surface area contributed by atoms with Gasteiger partial charge in [0.25, 0.3) is 0 Å². The Labute approximate surface area is 208 Å². The molecule has 1 unspecified atom stereocenters. The van der Waals surface area contributed by atoms with Crippen LogP contribution in [0.25, 0.3) is 22.0 Å². The van der Waals surface area contributed by atoms with Crippen molar-refractivity contribution in [1.29, 1.82) is 0 Å². The van der Waals surface area contributed by atoms with Gasteiger partial charge in [-0.2, -0.15) is 0 Å². The number of aromatic nitrogens is 2. The summed E-state index contributed by atoms with van der Waals surface area (Å²) in [4.78, 5) is 8.88. The average molecular weight is 510 g/mol. The van der Waals surface area contributed by atoms with Gasteiger partial charge in [-0.05, 0) is 54.8 Å². The minimum absolute atomic E-state index is 0.243. The summed E-state index contributed by atoms with van der Waals surface area (Å²) in [5.41, 5.74) is 0.783. The van der Waals surface area contributed by atoms with Crippen molar-refractivity contribution in [3.05, 3.63) is 84.1 Å². The minimum atomic E-state index is -3.92. The molecule has 3 N–H and O–H groups in total. The zero-order chi connectivity index (χ0) is 25.1. The maximum atomic E-state index is 15.4. The minimum Gasteiger partial charge on any atom is -0.350 e. The number of halogens is 2. The summed E-state index contributed by atoms with van der Waals surface area (Å²) in [5.74, 6) is -1.63. The van der Waals surface area contributed by atoms with Crippen LogP contribution in [0.5, 0.6) is 0 Å². The molecule has 186 valence electrons. The zero-order valence-corrected chi connectivity index (χ0v) is 20.2. The predicted molar refractivity (Wildman–Crippen MR) is 137 cm³/mol. The van der Waals surface area contributed by atoms with Crippen molar-refractivity contribution in [3.8, 4) is 11.1 Å². The Kier molecular flexibility index (Phi) is 6.80. The van der Waals surface area contributed by atoms with Crippen molar-refractivity contribution in [3.63, 3.8) is 0 Å². The van der Waals surface area contributed by atoms with Gasteiger partial charge in [-0.3, -0.25) is 4.72 Å². The summed E-state index contributed by atoms with van der Waals surface area (Å²) in [7, 11) is -3.92. The highest BCUT2D eigenvalue weighted by molar-refractivity contribution is 7.91. The van der Waals surface area contributed by atoms with Crippen LogP contribution in [0.3, 0.4) is 0 Å². The highest BCUT2D eigenvalue weighted by Crippen LogP contribution is 2.33. The van der Waals surface area contributed by atoms with Crippen molar-refractivity contribution in [2.75, 3.05) is 23.1 Å². The second-order valence-corrected chi connectivity index (χ2v) is 10.5. The average Bonchev–Trinajstić information content (AvgIpc) is 2.87. The quantitative estimate of drug-likeness (QED) is 0.335. The molecule has 0 spiro atoms. The van der Waals surface area contributed by atoms with Gasteiger partial charge in [-0.15, -0.1) is 0 Å².